The van der Waals surface area contributed by atoms with Crippen LogP contribution in [0.25, 0.3) is 0 Å². The fraction of sp³-hybridized carbons (Fsp3) is 0.188. The molecule has 110 valence electrons. The monoisotopic (exact) mass is 286 g/mol. The van der Waals surface area contributed by atoms with Crippen LogP contribution >= 0.6 is 0 Å². The summed E-state index contributed by atoms with van der Waals surface area (Å²) >= 11 is 0. The Bertz CT molecular complexity index is 600. The van der Waals surface area contributed by atoms with E-state index in [1.807, 2.05) is 30.3 Å². The van der Waals surface area contributed by atoms with Crippen molar-refractivity contribution in [2.24, 2.45) is 0 Å². The Morgan fingerprint density at radius 3 is 2.62 bits per heavy atom. The first-order valence-corrected chi connectivity index (χ1v) is 6.60. The van der Waals surface area contributed by atoms with E-state index in [9.17, 15) is 4.79 Å². The quantitative estimate of drug-likeness (QED) is 0.630. The lowest BCUT2D eigenvalue weighted by Crippen LogP contribution is -2.28. The second kappa shape index (κ2) is 7.19. The molecule has 0 radical (unpaired) electrons. The number of methoxy groups -OCH3 is 1. The largest absolute Gasteiger partial charge is 0.497 e. The molecule has 0 fully saturated rings. The van der Waals surface area contributed by atoms with Crippen LogP contribution < -0.4 is 20.5 Å². The van der Waals surface area contributed by atoms with Gasteiger partial charge in [0.15, 0.2) is 0 Å². The van der Waals surface area contributed by atoms with Gasteiger partial charge in [-0.3, -0.25) is 4.79 Å². The lowest BCUT2D eigenvalue weighted by Gasteiger charge is -2.10. The molecule has 0 bridgehead atoms. The van der Waals surface area contributed by atoms with E-state index in [0.29, 0.717) is 30.2 Å². The molecule has 0 aliphatic carbocycles. The molecular weight excluding hydrogens is 268 g/mol. The van der Waals surface area contributed by atoms with E-state index >= 15 is 0 Å². The number of carbonyl (C=O) groups is 1. The maximum atomic E-state index is 12.0. The summed E-state index contributed by atoms with van der Waals surface area (Å²) in [5.74, 6) is 1.12. The van der Waals surface area contributed by atoms with E-state index < -0.39 is 0 Å². The fourth-order valence-corrected chi connectivity index (χ4v) is 1.80. The highest BCUT2D eigenvalue weighted by atomic mass is 16.5. The van der Waals surface area contributed by atoms with E-state index in [2.05, 4.69) is 5.32 Å². The number of nitrogen functional groups attached to an aromatic ring is 1. The van der Waals surface area contributed by atoms with Gasteiger partial charge < -0.3 is 20.5 Å². The van der Waals surface area contributed by atoms with Crippen molar-refractivity contribution in [3.05, 3.63) is 54.1 Å². The van der Waals surface area contributed by atoms with Crippen LogP contribution in [0.1, 0.15) is 10.4 Å². The number of benzene rings is 2. The van der Waals surface area contributed by atoms with E-state index in [-0.39, 0.29) is 5.91 Å². The van der Waals surface area contributed by atoms with Gasteiger partial charge >= 0.3 is 0 Å². The lowest BCUT2D eigenvalue weighted by atomic mass is 10.1. The molecule has 0 aromatic heterocycles. The molecule has 0 spiro atoms. The van der Waals surface area contributed by atoms with Gasteiger partial charge in [0.1, 0.15) is 18.1 Å². The van der Waals surface area contributed by atoms with Crippen LogP contribution in [0, 0.1) is 0 Å². The summed E-state index contributed by atoms with van der Waals surface area (Å²) in [6.45, 7) is 0.782. The molecule has 21 heavy (non-hydrogen) atoms. The van der Waals surface area contributed by atoms with Crippen molar-refractivity contribution >= 4 is 11.6 Å². The van der Waals surface area contributed by atoms with Crippen LogP contribution in [0.15, 0.2) is 48.5 Å². The smallest absolute Gasteiger partial charge is 0.253 e. The van der Waals surface area contributed by atoms with Gasteiger partial charge in [-0.25, -0.2) is 0 Å². The lowest BCUT2D eigenvalue weighted by molar-refractivity contribution is 0.0947. The number of rotatable bonds is 6. The third-order valence-corrected chi connectivity index (χ3v) is 2.90. The zero-order chi connectivity index (χ0) is 15.1. The fourth-order valence-electron chi connectivity index (χ4n) is 1.80. The van der Waals surface area contributed by atoms with Gasteiger partial charge in [0.2, 0.25) is 0 Å². The Morgan fingerprint density at radius 2 is 1.90 bits per heavy atom. The first-order chi connectivity index (χ1) is 10.2. The van der Waals surface area contributed by atoms with Gasteiger partial charge in [0.05, 0.1) is 19.2 Å². The molecular formula is C16H18N2O3. The topological polar surface area (TPSA) is 73.6 Å². The molecule has 2 aromatic rings. The van der Waals surface area contributed by atoms with Gasteiger partial charge in [-0.15, -0.1) is 0 Å². The number of hydrogen-bond donors (Lipinski definition) is 2. The maximum absolute atomic E-state index is 12.0. The first kappa shape index (κ1) is 14.7. The average molecular weight is 286 g/mol. The predicted molar refractivity (Wildman–Crippen MR) is 81.7 cm³/mol. The number of hydrogen-bond acceptors (Lipinski definition) is 4. The molecule has 0 heterocycles. The summed E-state index contributed by atoms with van der Waals surface area (Å²) in [7, 11) is 1.54. The number of anilines is 1. The van der Waals surface area contributed by atoms with Crippen molar-refractivity contribution < 1.29 is 14.3 Å². The molecule has 2 aromatic carbocycles. The summed E-state index contributed by atoms with van der Waals surface area (Å²) < 4.78 is 10.6. The van der Waals surface area contributed by atoms with Crippen LogP contribution in [0.4, 0.5) is 5.69 Å². The summed E-state index contributed by atoms with van der Waals surface area (Å²) in [4.78, 5) is 12.0. The molecule has 3 N–H and O–H groups in total. The highest BCUT2D eigenvalue weighted by Gasteiger charge is 2.10. The van der Waals surface area contributed by atoms with Crippen LogP contribution in [0.2, 0.25) is 0 Å². The van der Waals surface area contributed by atoms with Gasteiger partial charge in [-0.2, -0.15) is 0 Å². The minimum atomic E-state index is -0.247. The predicted octanol–water partition coefficient (Wildman–Crippen LogP) is 2.09. The van der Waals surface area contributed by atoms with Crippen molar-refractivity contribution in [2.45, 2.75) is 0 Å². The second-order valence-electron chi connectivity index (χ2n) is 4.37. The molecule has 0 aliphatic heterocycles. The normalized spacial score (nSPS) is 9.95. The molecule has 0 saturated heterocycles. The van der Waals surface area contributed by atoms with Crippen LogP contribution in [-0.2, 0) is 0 Å². The summed E-state index contributed by atoms with van der Waals surface area (Å²) in [5, 5.41) is 2.76. The summed E-state index contributed by atoms with van der Waals surface area (Å²) in [6, 6.07) is 14.4. The number of nitrogens with two attached hydrogens (primary N) is 1. The Balaban J connectivity index is 1.84. The zero-order valence-corrected chi connectivity index (χ0v) is 11.8. The number of para-hydroxylation sites is 1. The van der Waals surface area contributed by atoms with Gasteiger partial charge in [-0.05, 0) is 30.3 Å². The first-order valence-electron chi connectivity index (χ1n) is 6.60. The van der Waals surface area contributed by atoms with Gasteiger partial charge in [-0.1, -0.05) is 18.2 Å². The van der Waals surface area contributed by atoms with Crippen LogP contribution in [-0.4, -0.2) is 26.2 Å². The standard InChI is InChI=1S/C16H18N2O3/c1-20-13-7-8-15(17)14(11-13)16(19)18-9-10-21-12-5-3-2-4-6-12/h2-8,11H,9-10,17H2,1H3,(H,18,19). The Labute approximate surface area is 123 Å². The maximum Gasteiger partial charge on any atom is 0.253 e. The van der Waals surface area contributed by atoms with Crippen molar-refractivity contribution in [1.82, 2.24) is 5.32 Å². The Morgan fingerprint density at radius 1 is 1.14 bits per heavy atom. The van der Waals surface area contributed by atoms with E-state index in [1.165, 1.54) is 0 Å². The number of ether oxygens (including phenoxy) is 2. The van der Waals surface area contributed by atoms with Crippen LogP contribution in [0.5, 0.6) is 11.5 Å². The number of amides is 1. The summed E-state index contributed by atoms with van der Waals surface area (Å²) in [6.07, 6.45) is 0. The third kappa shape index (κ3) is 4.14. The average Bonchev–Trinajstić information content (AvgIpc) is 2.53. The van der Waals surface area contributed by atoms with Gasteiger partial charge in [0, 0.05) is 5.69 Å². The Kier molecular flexibility index (Phi) is 5.04. The summed E-state index contributed by atoms with van der Waals surface area (Å²) in [5.41, 5.74) is 6.60. The highest BCUT2D eigenvalue weighted by Crippen LogP contribution is 2.19. The molecule has 0 aliphatic rings. The Hall–Kier alpha value is -2.69. The molecule has 1 amide bonds. The molecule has 5 nitrogen and oxygen atoms in total. The molecule has 0 atom stereocenters. The van der Waals surface area contributed by atoms with E-state index in [1.54, 1.807) is 25.3 Å². The third-order valence-electron chi connectivity index (χ3n) is 2.90. The van der Waals surface area contributed by atoms with Crippen molar-refractivity contribution in [1.29, 1.82) is 0 Å². The number of carbonyl (C=O) groups excluding carboxylic acids is 1. The molecule has 5 heteroatoms. The molecule has 0 saturated carbocycles. The highest BCUT2D eigenvalue weighted by molar-refractivity contribution is 5.99. The van der Waals surface area contributed by atoms with Crippen molar-refractivity contribution in [3.63, 3.8) is 0 Å². The van der Waals surface area contributed by atoms with Crippen molar-refractivity contribution in [3.8, 4) is 11.5 Å². The van der Waals surface area contributed by atoms with Crippen molar-refractivity contribution in [2.75, 3.05) is 26.0 Å². The SMILES string of the molecule is COc1ccc(N)c(C(=O)NCCOc2ccccc2)c1. The molecule has 0 unspecified atom stereocenters. The van der Waals surface area contributed by atoms with Gasteiger partial charge in [0.25, 0.3) is 5.91 Å². The molecule has 2 rings (SSSR count). The van der Waals surface area contributed by atoms with E-state index in [0.717, 1.165) is 5.75 Å². The zero-order valence-electron chi connectivity index (χ0n) is 11.8. The minimum absolute atomic E-state index is 0.247. The number of nitrogens with one attached hydrogen (secondary N) is 1. The second-order valence-corrected chi connectivity index (χ2v) is 4.37. The minimum Gasteiger partial charge on any atom is -0.497 e. The van der Waals surface area contributed by atoms with Crippen LogP contribution in [0.3, 0.4) is 0 Å². The van der Waals surface area contributed by atoms with E-state index in [4.69, 9.17) is 15.2 Å².